The van der Waals surface area contributed by atoms with Crippen molar-refractivity contribution < 1.29 is 14.7 Å². The van der Waals surface area contributed by atoms with Gasteiger partial charge in [0.1, 0.15) is 6.54 Å². The number of benzene rings is 1. The standard InChI is InChI=1S/C17H21NO3/c1-5-8-12(2)13(3)15-9-6-7-10-16(15)18(14(4)19)11-17(20)21/h5-10,13H,2,11H2,1,3-4H3,(H,20,21). The van der Waals surface area contributed by atoms with Crippen molar-refractivity contribution in [1.82, 2.24) is 0 Å². The third-order valence-electron chi connectivity index (χ3n) is 3.30. The second-order valence-electron chi connectivity index (χ2n) is 4.85. The summed E-state index contributed by atoms with van der Waals surface area (Å²) in [6, 6.07) is 7.32. The first-order valence-corrected chi connectivity index (χ1v) is 6.78. The molecule has 4 heteroatoms. The van der Waals surface area contributed by atoms with E-state index < -0.39 is 5.97 Å². The van der Waals surface area contributed by atoms with Gasteiger partial charge < -0.3 is 10.0 Å². The summed E-state index contributed by atoms with van der Waals surface area (Å²) in [4.78, 5) is 24.0. The largest absolute Gasteiger partial charge is 0.480 e. The number of carbonyl (C=O) groups excluding carboxylic acids is 1. The number of allylic oxidation sites excluding steroid dienone is 3. The topological polar surface area (TPSA) is 57.6 Å². The lowest BCUT2D eigenvalue weighted by Gasteiger charge is -2.25. The number of carboxylic acids is 1. The number of hydrogen-bond acceptors (Lipinski definition) is 2. The molecule has 1 aromatic carbocycles. The molecule has 1 N–H and O–H groups in total. The van der Waals surface area contributed by atoms with Gasteiger partial charge in [-0.05, 0) is 24.1 Å². The second-order valence-corrected chi connectivity index (χ2v) is 4.85. The first-order valence-electron chi connectivity index (χ1n) is 6.78. The van der Waals surface area contributed by atoms with E-state index in [1.54, 1.807) is 12.1 Å². The Bertz CT molecular complexity index is 575. The molecule has 0 heterocycles. The van der Waals surface area contributed by atoms with Crippen LogP contribution in [0.1, 0.15) is 32.3 Å². The van der Waals surface area contributed by atoms with Crippen LogP contribution in [0.5, 0.6) is 0 Å². The molecule has 0 saturated heterocycles. The number of carbonyl (C=O) groups is 2. The number of para-hydroxylation sites is 1. The first kappa shape index (κ1) is 16.7. The zero-order valence-corrected chi connectivity index (χ0v) is 12.7. The van der Waals surface area contributed by atoms with Gasteiger partial charge in [-0.3, -0.25) is 9.59 Å². The molecule has 112 valence electrons. The molecular weight excluding hydrogens is 266 g/mol. The predicted molar refractivity (Wildman–Crippen MR) is 84.5 cm³/mol. The fourth-order valence-corrected chi connectivity index (χ4v) is 2.16. The minimum atomic E-state index is -1.04. The highest BCUT2D eigenvalue weighted by atomic mass is 16.4. The van der Waals surface area contributed by atoms with E-state index in [2.05, 4.69) is 6.58 Å². The lowest BCUT2D eigenvalue weighted by atomic mass is 9.91. The van der Waals surface area contributed by atoms with Gasteiger partial charge in [-0.25, -0.2) is 0 Å². The van der Waals surface area contributed by atoms with Gasteiger partial charge in [0.2, 0.25) is 5.91 Å². The zero-order valence-electron chi connectivity index (χ0n) is 12.7. The normalized spacial score (nSPS) is 12.1. The number of anilines is 1. The van der Waals surface area contributed by atoms with E-state index in [1.165, 1.54) is 11.8 Å². The SMILES string of the molecule is C=C(C=CC)C(C)c1ccccc1N(CC(=O)O)C(C)=O. The maximum atomic E-state index is 11.8. The molecule has 0 fully saturated rings. The molecule has 1 aromatic rings. The number of hydrogen-bond donors (Lipinski definition) is 1. The fourth-order valence-electron chi connectivity index (χ4n) is 2.16. The van der Waals surface area contributed by atoms with Crippen LogP contribution < -0.4 is 4.90 Å². The molecule has 1 rings (SSSR count). The predicted octanol–water partition coefficient (Wildman–Crippen LogP) is 3.36. The third kappa shape index (κ3) is 4.31. The maximum Gasteiger partial charge on any atom is 0.323 e. The number of amides is 1. The molecule has 0 aromatic heterocycles. The highest BCUT2D eigenvalue weighted by molar-refractivity contribution is 5.96. The molecule has 0 bridgehead atoms. The van der Waals surface area contributed by atoms with Crippen molar-refractivity contribution in [2.45, 2.75) is 26.7 Å². The van der Waals surface area contributed by atoms with Crippen molar-refractivity contribution in [2.75, 3.05) is 11.4 Å². The van der Waals surface area contributed by atoms with Crippen molar-refractivity contribution >= 4 is 17.6 Å². The number of aliphatic carboxylic acids is 1. The van der Waals surface area contributed by atoms with Crippen molar-refractivity contribution in [2.24, 2.45) is 0 Å². The summed E-state index contributed by atoms with van der Waals surface area (Å²) in [5.74, 6) is -1.35. The lowest BCUT2D eigenvalue weighted by Crippen LogP contribution is -2.34. The summed E-state index contributed by atoms with van der Waals surface area (Å²) in [7, 11) is 0. The second kappa shape index (κ2) is 7.43. The van der Waals surface area contributed by atoms with Crippen molar-refractivity contribution in [1.29, 1.82) is 0 Å². The van der Waals surface area contributed by atoms with Crippen molar-refractivity contribution in [3.63, 3.8) is 0 Å². The minimum Gasteiger partial charge on any atom is -0.480 e. The van der Waals surface area contributed by atoms with Gasteiger partial charge in [-0.1, -0.05) is 43.9 Å². The van der Waals surface area contributed by atoms with Crippen LogP contribution in [0.4, 0.5) is 5.69 Å². The van der Waals surface area contributed by atoms with E-state index in [9.17, 15) is 9.59 Å². The molecule has 0 spiro atoms. The van der Waals surface area contributed by atoms with E-state index >= 15 is 0 Å². The Morgan fingerprint density at radius 3 is 2.52 bits per heavy atom. The molecule has 0 aliphatic heterocycles. The highest BCUT2D eigenvalue weighted by Crippen LogP contribution is 2.32. The quantitative estimate of drug-likeness (QED) is 0.816. The lowest BCUT2D eigenvalue weighted by molar-refractivity contribution is -0.136. The van der Waals surface area contributed by atoms with Gasteiger partial charge in [0.15, 0.2) is 0 Å². The summed E-state index contributed by atoms with van der Waals surface area (Å²) in [5.41, 5.74) is 2.41. The van der Waals surface area contributed by atoms with E-state index in [0.29, 0.717) is 5.69 Å². The summed E-state index contributed by atoms with van der Waals surface area (Å²) in [5, 5.41) is 8.99. The van der Waals surface area contributed by atoms with E-state index in [4.69, 9.17) is 5.11 Å². The molecule has 1 amide bonds. The van der Waals surface area contributed by atoms with Gasteiger partial charge >= 0.3 is 5.97 Å². The Labute approximate surface area is 125 Å². The Morgan fingerprint density at radius 2 is 2.00 bits per heavy atom. The minimum absolute atomic E-state index is 0.00644. The van der Waals surface area contributed by atoms with Crippen LogP contribution in [0.3, 0.4) is 0 Å². The number of rotatable bonds is 6. The summed E-state index contributed by atoms with van der Waals surface area (Å²) in [6.07, 6.45) is 3.82. The number of nitrogens with zero attached hydrogens (tertiary/aromatic N) is 1. The average molecular weight is 287 g/mol. The first-order chi connectivity index (χ1) is 9.88. The van der Waals surface area contributed by atoms with Crippen LogP contribution >= 0.6 is 0 Å². The molecule has 21 heavy (non-hydrogen) atoms. The van der Waals surface area contributed by atoms with Crippen molar-refractivity contribution in [3.8, 4) is 0 Å². The monoisotopic (exact) mass is 287 g/mol. The highest BCUT2D eigenvalue weighted by Gasteiger charge is 2.21. The molecule has 4 nitrogen and oxygen atoms in total. The molecule has 0 aliphatic rings. The maximum absolute atomic E-state index is 11.8. The van der Waals surface area contributed by atoms with Crippen LogP contribution in [0.25, 0.3) is 0 Å². The Morgan fingerprint density at radius 1 is 1.38 bits per heavy atom. The summed E-state index contributed by atoms with van der Waals surface area (Å²) >= 11 is 0. The Kier molecular flexibility index (Phi) is 5.91. The van der Waals surface area contributed by atoms with Gasteiger partial charge in [-0.2, -0.15) is 0 Å². The third-order valence-corrected chi connectivity index (χ3v) is 3.30. The average Bonchev–Trinajstić information content (AvgIpc) is 2.44. The fraction of sp³-hybridized carbons (Fsp3) is 0.294. The molecule has 0 radical (unpaired) electrons. The Hall–Kier alpha value is -2.36. The zero-order chi connectivity index (χ0) is 16.0. The van der Waals surface area contributed by atoms with E-state index in [1.807, 2.05) is 38.1 Å². The van der Waals surface area contributed by atoms with Gasteiger partial charge in [0.05, 0.1) is 0 Å². The molecular formula is C17H21NO3. The van der Waals surface area contributed by atoms with Crippen LogP contribution in [-0.4, -0.2) is 23.5 Å². The van der Waals surface area contributed by atoms with E-state index in [-0.39, 0.29) is 18.4 Å². The van der Waals surface area contributed by atoms with E-state index in [0.717, 1.165) is 11.1 Å². The molecule has 0 aliphatic carbocycles. The molecule has 1 unspecified atom stereocenters. The van der Waals surface area contributed by atoms with Gasteiger partial charge in [0, 0.05) is 18.5 Å². The van der Waals surface area contributed by atoms with Crippen LogP contribution in [0.15, 0.2) is 48.6 Å². The smallest absolute Gasteiger partial charge is 0.323 e. The summed E-state index contributed by atoms with van der Waals surface area (Å²) in [6.45, 7) is 8.93. The molecule has 1 atom stereocenters. The van der Waals surface area contributed by atoms with Crippen molar-refractivity contribution in [3.05, 3.63) is 54.1 Å². The Balaban J connectivity index is 3.27. The van der Waals surface area contributed by atoms with Crippen LogP contribution in [0, 0.1) is 0 Å². The number of carboxylic acid groups (broad SMARTS) is 1. The van der Waals surface area contributed by atoms with Gasteiger partial charge in [0.25, 0.3) is 0 Å². The molecule has 0 saturated carbocycles. The van der Waals surface area contributed by atoms with Crippen LogP contribution in [-0.2, 0) is 9.59 Å². The van der Waals surface area contributed by atoms with Gasteiger partial charge in [-0.15, -0.1) is 0 Å². The summed E-state index contributed by atoms with van der Waals surface area (Å²) < 4.78 is 0. The van der Waals surface area contributed by atoms with Crippen LogP contribution in [0.2, 0.25) is 0 Å².